The van der Waals surface area contributed by atoms with E-state index in [2.05, 4.69) is 27.5 Å². The van der Waals surface area contributed by atoms with Crippen LogP contribution in [0.1, 0.15) is 10.4 Å². The number of hydrogen-bond donors (Lipinski definition) is 0. The van der Waals surface area contributed by atoms with Crippen molar-refractivity contribution in [2.45, 2.75) is 0 Å². The van der Waals surface area contributed by atoms with Crippen molar-refractivity contribution >= 4 is 40.2 Å². The van der Waals surface area contributed by atoms with E-state index in [0.29, 0.717) is 18.7 Å². The third-order valence-corrected chi connectivity index (χ3v) is 5.13. The molecule has 0 unspecified atom stereocenters. The van der Waals surface area contributed by atoms with Gasteiger partial charge >= 0.3 is 5.97 Å². The Labute approximate surface area is 172 Å². The van der Waals surface area contributed by atoms with Crippen molar-refractivity contribution in [3.05, 3.63) is 57.7 Å². The number of methoxy groups -OCH3 is 1. The van der Waals surface area contributed by atoms with Crippen molar-refractivity contribution in [2.24, 2.45) is 0 Å². The smallest absolute Gasteiger partial charge is 0.338 e. The Bertz CT molecular complexity index is 802. The van der Waals surface area contributed by atoms with Crippen LogP contribution in [0.5, 0.6) is 5.75 Å². The molecule has 27 heavy (non-hydrogen) atoms. The number of amides is 1. The molecule has 2 aromatic carbocycles. The van der Waals surface area contributed by atoms with Crippen LogP contribution in [0.2, 0.25) is 0 Å². The number of halogens is 1. The highest BCUT2D eigenvalue weighted by molar-refractivity contribution is 14.1. The Kier molecular flexibility index (Phi) is 6.54. The monoisotopic (exact) mass is 480 g/mol. The number of anilines is 1. The largest absolute Gasteiger partial charge is 0.497 e. The number of carbonyl (C=O) groups excluding carboxylic acids is 2. The first-order valence-electron chi connectivity index (χ1n) is 8.66. The van der Waals surface area contributed by atoms with Crippen molar-refractivity contribution in [3.8, 4) is 5.75 Å². The molecule has 0 N–H and O–H groups in total. The standard InChI is InChI=1S/C20H21IN2O4/c1-26-18-7-5-17(6-8-18)22-9-11-23(12-10-22)19(24)14-27-20(25)15-3-2-4-16(21)13-15/h2-8,13H,9-12,14H2,1H3. The van der Waals surface area contributed by atoms with Gasteiger partial charge in [0.1, 0.15) is 5.75 Å². The van der Waals surface area contributed by atoms with Gasteiger partial charge in [-0.15, -0.1) is 0 Å². The van der Waals surface area contributed by atoms with E-state index >= 15 is 0 Å². The van der Waals surface area contributed by atoms with Crippen molar-refractivity contribution < 1.29 is 19.1 Å². The molecule has 0 aliphatic carbocycles. The second-order valence-corrected chi connectivity index (χ2v) is 7.40. The number of esters is 1. The van der Waals surface area contributed by atoms with E-state index < -0.39 is 5.97 Å². The topological polar surface area (TPSA) is 59.1 Å². The maximum atomic E-state index is 12.3. The van der Waals surface area contributed by atoms with Crippen LogP contribution in [-0.2, 0) is 9.53 Å². The van der Waals surface area contributed by atoms with Crippen LogP contribution in [0.3, 0.4) is 0 Å². The molecule has 1 aliphatic heterocycles. The van der Waals surface area contributed by atoms with Gasteiger partial charge in [0.25, 0.3) is 5.91 Å². The third kappa shape index (κ3) is 5.12. The van der Waals surface area contributed by atoms with Crippen LogP contribution in [0.15, 0.2) is 48.5 Å². The fourth-order valence-corrected chi connectivity index (χ4v) is 3.47. The Hall–Kier alpha value is -2.29. The van der Waals surface area contributed by atoms with Gasteiger partial charge in [-0.3, -0.25) is 4.79 Å². The zero-order valence-corrected chi connectivity index (χ0v) is 17.2. The highest BCUT2D eigenvalue weighted by atomic mass is 127. The van der Waals surface area contributed by atoms with Crippen LogP contribution >= 0.6 is 22.6 Å². The van der Waals surface area contributed by atoms with Gasteiger partial charge in [0.05, 0.1) is 12.7 Å². The zero-order valence-electron chi connectivity index (χ0n) is 15.1. The van der Waals surface area contributed by atoms with Gasteiger partial charge in [0, 0.05) is 35.4 Å². The molecule has 3 rings (SSSR count). The summed E-state index contributed by atoms with van der Waals surface area (Å²) < 4.78 is 11.3. The Balaban J connectivity index is 1.47. The first-order valence-corrected chi connectivity index (χ1v) is 9.74. The van der Waals surface area contributed by atoms with Crippen molar-refractivity contribution in [1.29, 1.82) is 0 Å². The number of nitrogens with zero attached hydrogens (tertiary/aromatic N) is 2. The van der Waals surface area contributed by atoms with Crippen LogP contribution in [0, 0.1) is 3.57 Å². The average Bonchev–Trinajstić information content (AvgIpc) is 2.72. The summed E-state index contributed by atoms with van der Waals surface area (Å²) in [6, 6.07) is 15.0. The minimum atomic E-state index is -0.473. The first kappa shape index (κ1) is 19.5. The molecular formula is C20H21IN2O4. The van der Waals surface area contributed by atoms with Crippen LogP contribution in [0.4, 0.5) is 5.69 Å². The molecule has 0 spiro atoms. The summed E-state index contributed by atoms with van der Waals surface area (Å²) >= 11 is 2.13. The number of carbonyl (C=O) groups is 2. The van der Waals surface area contributed by atoms with Gasteiger partial charge < -0.3 is 19.3 Å². The normalized spacial score (nSPS) is 14.0. The molecule has 0 radical (unpaired) electrons. The van der Waals surface area contributed by atoms with E-state index in [1.165, 1.54) is 0 Å². The van der Waals surface area contributed by atoms with Crippen molar-refractivity contribution in [1.82, 2.24) is 4.90 Å². The fourth-order valence-electron chi connectivity index (χ4n) is 2.92. The SMILES string of the molecule is COc1ccc(N2CCN(C(=O)COC(=O)c3cccc(I)c3)CC2)cc1. The summed E-state index contributed by atoms with van der Waals surface area (Å²) in [4.78, 5) is 28.4. The molecule has 1 fully saturated rings. The van der Waals surface area contributed by atoms with Crippen molar-refractivity contribution in [2.75, 3.05) is 44.8 Å². The highest BCUT2D eigenvalue weighted by Gasteiger charge is 2.22. The molecule has 2 aromatic rings. The van der Waals surface area contributed by atoms with Gasteiger partial charge in [0.15, 0.2) is 6.61 Å². The number of piperazine rings is 1. The van der Waals surface area contributed by atoms with E-state index in [4.69, 9.17) is 9.47 Å². The summed E-state index contributed by atoms with van der Waals surface area (Å²) in [6.07, 6.45) is 0. The Morgan fingerprint density at radius 1 is 1.04 bits per heavy atom. The summed E-state index contributed by atoms with van der Waals surface area (Å²) in [5.74, 6) is 0.185. The first-order chi connectivity index (χ1) is 13.1. The van der Waals surface area contributed by atoms with Crippen LogP contribution < -0.4 is 9.64 Å². The lowest BCUT2D eigenvalue weighted by Crippen LogP contribution is -2.49. The lowest BCUT2D eigenvalue weighted by Gasteiger charge is -2.36. The summed E-state index contributed by atoms with van der Waals surface area (Å²) in [5.41, 5.74) is 1.56. The van der Waals surface area contributed by atoms with Gasteiger partial charge in [0.2, 0.25) is 0 Å². The fraction of sp³-hybridized carbons (Fsp3) is 0.300. The van der Waals surface area contributed by atoms with E-state index in [1.54, 1.807) is 30.2 Å². The van der Waals surface area contributed by atoms with E-state index in [1.807, 2.05) is 30.3 Å². The molecule has 6 nitrogen and oxygen atoms in total. The second-order valence-electron chi connectivity index (χ2n) is 6.15. The minimum Gasteiger partial charge on any atom is -0.497 e. The predicted octanol–water partition coefficient (Wildman–Crippen LogP) is 2.81. The summed E-state index contributed by atoms with van der Waals surface area (Å²) in [6.45, 7) is 2.45. The lowest BCUT2D eigenvalue weighted by atomic mass is 10.2. The van der Waals surface area contributed by atoms with Gasteiger partial charge in [-0.05, 0) is 65.1 Å². The van der Waals surface area contributed by atoms with Gasteiger partial charge in [-0.2, -0.15) is 0 Å². The van der Waals surface area contributed by atoms with Gasteiger partial charge in [-0.25, -0.2) is 4.79 Å². The zero-order chi connectivity index (χ0) is 19.2. The molecule has 0 aromatic heterocycles. The van der Waals surface area contributed by atoms with E-state index in [0.717, 1.165) is 28.1 Å². The third-order valence-electron chi connectivity index (χ3n) is 4.46. The second kappa shape index (κ2) is 9.07. The van der Waals surface area contributed by atoms with Crippen LogP contribution in [0.25, 0.3) is 0 Å². The molecule has 0 saturated carbocycles. The molecule has 0 atom stereocenters. The average molecular weight is 480 g/mol. The molecule has 7 heteroatoms. The van der Waals surface area contributed by atoms with E-state index in [-0.39, 0.29) is 12.5 Å². The van der Waals surface area contributed by atoms with Gasteiger partial charge in [-0.1, -0.05) is 6.07 Å². The maximum absolute atomic E-state index is 12.3. The molecule has 1 heterocycles. The molecule has 142 valence electrons. The lowest BCUT2D eigenvalue weighted by molar-refractivity contribution is -0.134. The summed E-state index contributed by atoms with van der Waals surface area (Å²) in [7, 11) is 1.64. The molecule has 0 bridgehead atoms. The Morgan fingerprint density at radius 3 is 2.37 bits per heavy atom. The molecule has 1 aliphatic rings. The number of rotatable bonds is 5. The Morgan fingerprint density at radius 2 is 1.74 bits per heavy atom. The molecule has 1 amide bonds. The number of benzene rings is 2. The number of hydrogen-bond acceptors (Lipinski definition) is 5. The minimum absolute atomic E-state index is 0.164. The highest BCUT2D eigenvalue weighted by Crippen LogP contribution is 2.20. The maximum Gasteiger partial charge on any atom is 0.338 e. The van der Waals surface area contributed by atoms with Crippen molar-refractivity contribution in [3.63, 3.8) is 0 Å². The molecular weight excluding hydrogens is 459 g/mol. The summed E-state index contributed by atoms with van der Waals surface area (Å²) in [5, 5.41) is 0. The predicted molar refractivity (Wildman–Crippen MR) is 111 cm³/mol. The molecule has 1 saturated heterocycles. The van der Waals surface area contributed by atoms with E-state index in [9.17, 15) is 9.59 Å². The number of ether oxygens (including phenoxy) is 2. The van der Waals surface area contributed by atoms with Crippen LogP contribution in [-0.4, -0.2) is 56.7 Å². The quantitative estimate of drug-likeness (QED) is 0.487.